The zero-order valence-electron chi connectivity index (χ0n) is 14.5. The van der Waals surface area contributed by atoms with Crippen LogP contribution in [0.5, 0.6) is 0 Å². The number of non-ortho nitro benzene ring substituents is 1. The highest BCUT2D eigenvalue weighted by atomic mass is 19.4. The van der Waals surface area contributed by atoms with Crippen molar-refractivity contribution in [3.63, 3.8) is 0 Å². The van der Waals surface area contributed by atoms with Gasteiger partial charge in [-0.2, -0.15) is 13.2 Å². The molecule has 11 heteroatoms. The molecule has 1 N–H and O–H groups in total. The highest BCUT2D eigenvalue weighted by molar-refractivity contribution is 5.89. The number of piperazine rings is 1. The predicted molar refractivity (Wildman–Crippen MR) is 95.1 cm³/mol. The summed E-state index contributed by atoms with van der Waals surface area (Å²) in [4.78, 5) is 29.4. The lowest BCUT2D eigenvalue weighted by molar-refractivity contribution is -0.384. The highest BCUT2D eigenvalue weighted by Crippen LogP contribution is 2.35. The summed E-state index contributed by atoms with van der Waals surface area (Å²) >= 11 is 0. The average molecular weight is 395 g/mol. The minimum absolute atomic E-state index is 0.155. The Labute approximate surface area is 157 Å². The largest absolute Gasteiger partial charge is 0.419 e. The molecule has 0 aliphatic carbocycles. The molecule has 0 atom stereocenters. The quantitative estimate of drug-likeness (QED) is 0.636. The van der Waals surface area contributed by atoms with Gasteiger partial charge in [-0.3, -0.25) is 10.1 Å². The molecule has 0 bridgehead atoms. The van der Waals surface area contributed by atoms with Crippen LogP contribution in [0.1, 0.15) is 5.56 Å². The van der Waals surface area contributed by atoms with E-state index in [-0.39, 0.29) is 43.4 Å². The minimum atomic E-state index is -4.51. The number of anilines is 2. The smallest absolute Gasteiger partial charge is 0.353 e. The summed E-state index contributed by atoms with van der Waals surface area (Å²) in [6.07, 6.45) is -3.22. The maximum absolute atomic E-state index is 13.2. The Morgan fingerprint density at radius 3 is 2.50 bits per heavy atom. The van der Waals surface area contributed by atoms with Crippen molar-refractivity contribution in [2.24, 2.45) is 0 Å². The molecular weight excluding hydrogens is 379 g/mol. The number of alkyl halides is 3. The summed E-state index contributed by atoms with van der Waals surface area (Å²) in [6, 6.07) is 7.24. The summed E-state index contributed by atoms with van der Waals surface area (Å²) in [5.41, 5.74) is -0.701. The SMILES string of the molecule is O=C(Nc1cccc([N+](=O)[O-])c1)N1CCN(c2ncccc2C(F)(F)F)CC1. The number of carbonyl (C=O) groups excluding carboxylic acids is 1. The number of urea groups is 1. The Bertz CT molecular complexity index is 882. The number of rotatable bonds is 3. The Hall–Kier alpha value is -3.37. The van der Waals surface area contributed by atoms with Gasteiger partial charge in [0.25, 0.3) is 5.69 Å². The third-order valence-electron chi connectivity index (χ3n) is 4.27. The van der Waals surface area contributed by atoms with Crippen LogP contribution in [-0.4, -0.2) is 47.0 Å². The Kier molecular flexibility index (Phi) is 5.34. The topological polar surface area (TPSA) is 91.6 Å². The third kappa shape index (κ3) is 4.30. The van der Waals surface area contributed by atoms with E-state index in [1.54, 1.807) is 0 Å². The fourth-order valence-electron chi connectivity index (χ4n) is 2.89. The second kappa shape index (κ2) is 7.71. The molecule has 148 valence electrons. The Morgan fingerprint density at radius 1 is 1.14 bits per heavy atom. The van der Waals surface area contributed by atoms with E-state index in [1.807, 2.05) is 0 Å². The van der Waals surface area contributed by atoms with Gasteiger partial charge in [0.1, 0.15) is 5.82 Å². The first-order valence-corrected chi connectivity index (χ1v) is 8.33. The van der Waals surface area contributed by atoms with Crippen LogP contribution in [0.25, 0.3) is 0 Å². The first-order valence-electron chi connectivity index (χ1n) is 8.33. The third-order valence-corrected chi connectivity index (χ3v) is 4.27. The number of nitrogens with zero attached hydrogens (tertiary/aromatic N) is 4. The Morgan fingerprint density at radius 2 is 1.86 bits per heavy atom. The van der Waals surface area contributed by atoms with E-state index in [1.165, 1.54) is 46.3 Å². The predicted octanol–water partition coefficient (Wildman–Crippen LogP) is 3.36. The van der Waals surface area contributed by atoms with Gasteiger partial charge in [0.05, 0.1) is 10.5 Å². The van der Waals surface area contributed by atoms with Crippen LogP contribution in [0.2, 0.25) is 0 Å². The molecule has 2 heterocycles. The van der Waals surface area contributed by atoms with Crippen molar-refractivity contribution in [3.05, 3.63) is 58.3 Å². The fourth-order valence-corrected chi connectivity index (χ4v) is 2.89. The lowest BCUT2D eigenvalue weighted by atomic mass is 10.2. The number of hydrogen-bond acceptors (Lipinski definition) is 5. The number of nitro groups is 1. The number of hydrogen-bond donors (Lipinski definition) is 1. The van der Waals surface area contributed by atoms with Crippen LogP contribution in [0.4, 0.5) is 35.2 Å². The van der Waals surface area contributed by atoms with Gasteiger partial charge in [-0.25, -0.2) is 9.78 Å². The van der Waals surface area contributed by atoms with Crippen LogP contribution in [-0.2, 0) is 6.18 Å². The Balaban J connectivity index is 1.64. The molecule has 1 aromatic carbocycles. The maximum atomic E-state index is 13.2. The molecule has 28 heavy (non-hydrogen) atoms. The zero-order valence-corrected chi connectivity index (χ0v) is 14.5. The van der Waals surface area contributed by atoms with E-state index < -0.39 is 22.7 Å². The van der Waals surface area contributed by atoms with Crippen molar-refractivity contribution in [3.8, 4) is 0 Å². The van der Waals surface area contributed by atoms with E-state index in [0.29, 0.717) is 0 Å². The number of nitrogens with one attached hydrogen (secondary N) is 1. The van der Waals surface area contributed by atoms with Crippen LogP contribution in [0.3, 0.4) is 0 Å². The molecule has 1 saturated heterocycles. The molecular formula is C17H16F3N5O3. The molecule has 0 radical (unpaired) electrons. The second-order valence-electron chi connectivity index (χ2n) is 6.08. The molecule has 1 fully saturated rings. The maximum Gasteiger partial charge on any atom is 0.419 e. The summed E-state index contributed by atoms with van der Waals surface area (Å²) in [5.74, 6) is -0.159. The van der Waals surface area contributed by atoms with Crippen LogP contribution in [0, 0.1) is 10.1 Å². The number of benzene rings is 1. The van der Waals surface area contributed by atoms with Gasteiger partial charge in [-0.1, -0.05) is 6.07 Å². The molecule has 1 aromatic heterocycles. The molecule has 8 nitrogen and oxygen atoms in total. The van der Waals surface area contributed by atoms with Crippen molar-refractivity contribution in [1.82, 2.24) is 9.88 Å². The van der Waals surface area contributed by atoms with Gasteiger partial charge in [-0.15, -0.1) is 0 Å². The van der Waals surface area contributed by atoms with Gasteiger partial charge in [0.15, 0.2) is 0 Å². The molecule has 0 saturated carbocycles. The van der Waals surface area contributed by atoms with E-state index in [0.717, 1.165) is 6.07 Å². The number of pyridine rings is 1. The van der Waals surface area contributed by atoms with E-state index in [4.69, 9.17) is 0 Å². The molecule has 0 spiro atoms. The lowest BCUT2D eigenvalue weighted by Crippen LogP contribution is -2.50. The van der Waals surface area contributed by atoms with Crippen molar-refractivity contribution < 1.29 is 22.9 Å². The number of aromatic nitrogens is 1. The fraction of sp³-hybridized carbons (Fsp3) is 0.294. The first kappa shape index (κ1) is 19.4. The summed E-state index contributed by atoms with van der Waals surface area (Å²) in [5, 5.41) is 13.4. The number of halogens is 3. The highest BCUT2D eigenvalue weighted by Gasteiger charge is 2.36. The van der Waals surface area contributed by atoms with Crippen molar-refractivity contribution in [2.75, 3.05) is 36.4 Å². The van der Waals surface area contributed by atoms with E-state index in [2.05, 4.69) is 10.3 Å². The van der Waals surface area contributed by atoms with Gasteiger partial charge in [-0.05, 0) is 18.2 Å². The lowest BCUT2D eigenvalue weighted by Gasteiger charge is -2.36. The monoisotopic (exact) mass is 395 g/mol. The first-order chi connectivity index (χ1) is 13.3. The van der Waals surface area contributed by atoms with Crippen molar-refractivity contribution >= 4 is 23.2 Å². The molecule has 2 aromatic rings. The molecule has 1 aliphatic heterocycles. The zero-order chi connectivity index (χ0) is 20.3. The minimum Gasteiger partial charge on any atom is -0.353 e. The standard InChI is InChI=1S/C17H16F3N5O3/c18-17(19,20)14-5-2-6-21-15(14)23-7-9-24(10-8-23)16(26)22-12-3-1-4-13(11-12)25(27)28/h1-6,11H,7-10H2,(H,22,26). The van der Waals surface area contributed by atoms with Gasteiger partial charge < -0.3 is 15.1 Å². The van der Waals surface area contributed by atoms with E-state index >= 15 is 0 Å². The van der Waals surface area contributed by atoms with Crippen LogP contribution >= 0.6 is 0 Å². The summed E-state index contributed by atoms with van der Waals surface area (Å²) < 4.78 is 39.5. The molecule has 1 aliphatic rings. The average Bonchev–Trinajstić information content (AvgIpc) is 2.67. The van der Waals surface area contributed by atoms with Crippen LogP contribution in [0.15, 0.2) is 42.6 Å². The van der Waals surface area contributed by atoms with E-state index in [9.17, 15) is 28.1 Å². The number of amides is 2. The second-order valence-corrected chi connectivity index (χ2v) is 6.08. The molecule has 3 rings (SSSR count). The van der Waals surface area contributed by atoms with Crippen LogP contribution < -0.4 is 10.2 Å². The van der Waals surface area contributed by atoms with Crippen molar-refractivity contribution in [1.29, 1.82) is 0 Å². The molecule has 2 amide bonds. The number of carbonyl (C=O) groups is 1. The normalized spacial score (nSPS) is 14.7. The summed E-state index contributed by atoms with van der Waals surface area (Å²) in [6.45, 7) is 0.744. The van der Waals surface area contributed by atoms with Gasteiger partial charge >= 0.3 is 12.2 Å². The number of nitro benzene ring substituents is 1. The molecule has 0 unspecified atom stereocenters. The summed E-state index contributed by atoms with van der Waals surface area (Å²) in [7, 11) is 0. The van der Waals surface area contributed by atoms with Crippen molar-refractivity contribution in [2.45, 2.75) is 6.18 Å². The van der Waals surface area contributed by atoms with Gasteiger partial charge in [0, 0.05) is 50.2 Å². The van der Waals surface area contributed by atoms with Gasteiger partial charge in [0.2, 0.25) is 0 Å².